The zero-order valence-electron chi connectivity index (χ0n) is 8.83. The van der Waals surface area contributed by atoms with E-state index in [0.29, 0.717) is 5.23 Å². The highest BCUT2D eigenvalue weighted by atomic mass is 16.9. The summed E-state index contributed by atoms with van der Waals surface area (Å²) >= 11 is 0. The van der Waals surface area contributed by atoms with Gasteiger partial charge in [0.1, 0.15) is 6.61 Å². The van der Waals surface area contributed by atoms with E-state index in [9.17, 15) is 14.8 Å². The van der Waals surface area contributed by atoms with Gasteiger partial charge >= 0.3 is 5.97 Å². The molecule has 0 aromatic heterocycles. The molecule has 1 aliphatic heterocycles. The number of hydroxylamine groups is 2. The molecule has 1 unspecified atom stereocenters. The van der Waals surface area contributed by atoms with Crippen molar-refractivity contribution < 1.29 is 19.5 Å². The number of carboxylic acid groups (broad SMARTS) is 1. The van der Waals surface area contributed by atoms with Gasteiger partial charge in [0, 0.05) is 0 Å². The van der Waals surface area contributed by atoms with E-state index in [1.165, 1.54) is 12.1 Å². The Labute approximate surface area is 96.9 Å². The molecule has 0 radical (unpaired) electrons. The molecule has 17 heavy (non-hydrogen) atoms. The number of carboxylic acids is 1. The average molecular weight is 236 g/mol. The van der Waals surface area contributed by atoms with Crippen molar-refractivity contribution in [3.63, 3.8) is 0 Å². The van der Waals surface area contributed by atoms with E-state index in [1.54, 1.807) is 12.1 Å². The number of benzene rings is 1. The van der Waals surface area contributed by atoms with Crippen LogP contribution in [-0.4, -0.2) is 34.7 Å². The van der Waals surface area contributed by atoms with Crippen molar-refractivity contribution in [3.05, 3.63) is 40.6 Å². The Bertz CT molecular complexity index is 442. The third-order valence-electron chi connectivity index (χ3n) is 2.59. The van der Waals surface area contributed by atoms with Gasteiger partial charge in [0.15, 0.2) is 5.78 Å². The fourth-order valence-electron chi connectivity index (χ4n) is 1.63. The number of rotatable bonds is 3. The lowest BCUT2D eigenvalue weighted by Crippen LogP contribution is -2.29. The molecule has 6 nitrogen and oxygen atoms in total. The Morgan fingerprint density at radius 3 is 2.59 bits per heavy atom. The van der Waals surface area contributed by atoms with E-state index in [-0.39, 0.29) is 24.4 Å². The van der Waals surface area contributed by atoms with E-state index >= 15 is 0 Å². The van der Waals surface area contributed by atoms with Gasteiger partial charge < -0.3 is 15.2 Å². The van der Waals surface area contributed by atoms with Crippen molar-refractivity contribution in [2.24, 2.45) is 0 Å². The summed E-state index contributed by atoms with van der Waals surface area (Å²) in [4.78, 5) is 26.5. The Morgan fingerprint density at radius 1 is 1.47 bits per heavy atom. The van der Waals surface area contributed by atoms with Crippen molar-refractivity contribution in [1.82, 2.24) is 5.23 Å². The maximum atomic E-state index is 11.3. The first-order valence-corrected chi connectivity index (χ1v) is 5.02. The summed E-state index contributed by atoms with van der Waals surface area (Å²) in [5.41, 5.74) is 0.890. The van der Waals surface area contributed by atoms with Crippen LogP contribution in [0.4, 0.5) is 0 Å². The average Bonchev–Trinajstić information content (AvgIpc) is 2.61. The fourth-order valence-corrected chi connectivity index (χ4v) is 1.63. The number of carbonyl (C=O) groups is 2. The first-order valence-electron chi connectivity index (χ1n) is 5.02. The molecule has 1 aromatic rings. The molecule has 1 fully saturated rings. The highest BCUT2D eigenvalue weighted by Crippen LogP contribution is 2.15. The van der Waals surface area contributed by atoms with Crippen molar-refractivity contribution in [1.29, 1.82) is 0 Å². The Kier molecular flexibility index (Phi) is 3.19. The van der Waals surface area contributed by atoms with Crippen LogP contribution in [0.15, 0.2) is 24.3 Å². The zero-order chi connectivity index (χ0) is 12.4. The second kappa shape index (κ2) is 4.62. The summed E-state index contributed by atoms with van der Waals surface area (Å²) in [5, 5.41) is 20.2. The van der Waals surface area contributed by atoms with Gasteiger partial charge in [-0.15, -0.1) is 0 Å². The number of Topliss-reactive ketones (excluding diaryl/α,β-unsaturated/α-hetero) is 1. The highest BCUT2D eigenvalue weighted by molar-refractivity contribution is 5.88. The lowest BCUT2D eigenvalue weighted by atomic mass is 10.0. The van der Waals surface area contributed by atoms with Gasteiger partial charge in [-0.2, -0.15) is 0 Å². The minimum absolute atomic E-state index is 0.168. The van der Waals surface area contributed by atoms with Crippen molar-refractivity contribution in [2.75, 3.05) is 6.61 Å². The summed E-state index contributed by atoms with van der Waals surface area (Å²) < 4.78 is 0. The Morgan fingerprint density at radius 2 is 2.12 bits per heavy atom. The predicted octanol–water partition coefficient (Wildman–Crippen LogP) is 0.610. The van der Waals surface area contributed by atoms with Crippen molar-refractivity contribution in [2.45, 2.75) is 12.5 Å². The number of ketones is 1. The molecule has 1 aliphatic rings. The molecule has 6 heteroatoms. The largest absolute Gasteiger partial charge is 0.761 e. The first kappa shape index (κ1) is 11.7. The van der Waals surface area contributed by atoms with Crippen LogP contribution in [0, 0.1) is 5.21 Å². The van der Waals surface area contributed by atoms with Crippen LogP contribution < -0.4 is 0 Å². The van der Waals surface area contributed by atoms with Crippen LogP contribution in [-0.2, 0) is 16.1 Å². The number of aromatic carboxylic acids is 1. The zero-order valence-corrected chi connectivity index (χ0v) is 8.83. The van der Waals surface area contributed by atoms with Gasteiger partial charge in [-0.1, -0.05) is 12.1 Å². The van der Waals surface area contributed by atoms with E-state index in [1.807, 2.05) is 0 Å². The van der Waals surface area contributed by atoms with Crippen LogP contribution >= 0.6 is 0 Å². The maximum Gasteiger partial charge on any atom is 0.335 e. The smallest absolute Gasteiger partial charge is 0.335 e. The summed E-state index contributed by atoms with van der Waals surface area (Å²) in [6.45, 7) is -0.193. The molecule has 0 saturated carbocycles. The monoisotopic (exact) mass is 236 g/mol. The molecular weight excluding hydrogens is 226 g/mol. The van der Waals surface area contributed by atoms with Crippen LogP contribution in [0.2, 0.25) is 0 Å². The molecule has 0 amide bonds. The van der Waals surface area contributed by atoms with Crippen LogP contribution in [0.1, 0.15) is 15.9 Å². The third-order valence-corrected chi connectivity index (χ3v) is 2.59. The van der Waals surface area contributed by atoms with Gasteiger partial charge in [0.05, 0.1) is 11.6 Å². The second-order valence-corrected chi connectivity index (χ2v) is 3.75. The fraction of sp³-hybridized carbons (Fsp3) is 0.273. The van der Waals surface area contributed by atoms with Crippen LogP contribution in [0.5, 0.6) is 0 Å². The summed E-state index contributed by atoms with van der Waals surface area (Å²) in [7, 11) is 0. The van der Waals surface area contributed by atoms with E-state index in [4.69, 9.17) is 5.11 Å². The van der Waals surface area contributed by atoms with Gasteiger partial charge in [0.2, 0.25) is 0 Å². The van der Waals surface area contributed by atoms with Crippen molar-refractivity contribution in [3.8, 4) is 0 Å². The van der Waals surface area contributed by atoms with Gasteiger partial charge in [-0.3, -0.25) is 10.0 Å². The van der Waals surface area contributed by atoms with Gasteiger partial charge in [-0.05, 0) is 24.1 Å². The number of hydrogen-bond donors (Lipinski definition) is 1. The molecule has 2 rings (SSSR count). The lowest BCUT2D eigenvalue weighted by Gasteiger charge is -2.25. The van der Waals surface area contributed by atoms with Crippen LogP contribution in [0.25, 0.3) is 0 Å². The van der Waals surface area contributed by atoms with Crippen LogP contribution in [0.3, 0.4) is 0 Å². The number of hydrogen-bond acceptors (Lipinski definition) is 5. The molecule has 0 spiro atoms. The van der Waals surface area contributed by atoms with Gasteiger partial charge in [0.25, 0.3) is 0 Å². The van der Waals surface area contributed by atoms with E-state index in [0.717, 1.165) is 5.56 Å². The molecule has 1 saturated heterocycles. The quantitative estimate of drug-likeness (QED) is 0.826. The number of carbonyl (C=O) groups excluding carboxylic acids is 1. The summed E-state index contributed by atoms with van der Waals surface area (Å²) in [6, 6.07) is 5.22. The van der Waals surface area contributed by atoms with E-state index in [2.05, 4.69) is 4.84 Å². The minimum Gasteiger partial charge on any atom is -0.761 e. The SMILES string of the molecule is O=C(O)c1ccc(CC2C(=O)CON2[O-])cc1. The molecule has 1 aromatic carbocycles. The summed E-state index contributed by atoms with van der Waals surface area (Å²) in [5.74, 6) is -1.27. The predicted molar refractivity (Wildman–Crippen MR) is 57.1 cm³/mol. The molecule has 90 valence electrons. The molecule has 0 aliphatic carbocycles. The highest BCUT2D eigenvalue weighted by Gasteiger charge is 2.27. The maximum absolute atomic E-state index is 11.3. The topological polar surface area (TPSA) is 89.9 Å². The standard InChI is InChI=1S/C11H10NO5/c13-10-6-17-12(16)9(10)5-7-1-3-8(4-2-7)11(14)15/h1-4,9H,5-6H2,(H,14,15)/q-1. The number of nitrogens with zero attached hydrogens (tertiary/aromatic N) is 1. The lowest BCUT2D eigenvalue weighted by molar-refractivity contribution is -0.118. The van der Waals surface area contributed by atoms with Crippen molar-refractivity contribution >= 4 is 11.8 Å². The molecule has 1 N–H and O–H groups in total. The first-order chi connectivity index (χ1) is 8.08. The molecule has 1 heterocycles. The normalized spacial score (nSPS) is 20.8. The minimum atomic E-state index is -1.01. The molecule has 1 atom stereocenters. The second-order valence-electron chi connectivity index (χ2n) is 3.75. The Hall–Kier alpha value is -1.76. The third kappa shape index (κ3) is 2.50. The Balaban J connectivity index is 2.08. The van der Waals surface area contributed by atoms with E-state index < -0.39 is 12.0 Å². The molecule has 0 bridgehead atoms. The molecular formula is C11H10NO5-. The summed E-state index contributed by atoms with van der Waals surface area (Å²) in [6.07, 6.45) is 0.224. The van der Waals surface area contributed by atoms with Gasteiger partial charge in [-0.25, -0.2) is 4.79 Å².